The highest BCUT2D eigenvalue weighted by atomic mass is 15.3. The van der Waals surface area contributed by atoms with Crippen molar-refractivity contribution in [3.63, 3.8) is 0 Å². The summed E-state index contributed by atoms with van der Waals surface area (Å²) in [4.78, 5) is 0. The van der Waals surface area contributed by atoms with Crippen LogP contribution in [0.5, 0.6) is 0 Å². The number of unbranched alkanes of at least 4 members (excludes halogenated alkanes) is 1. The maximum absolute atomic E-state index is 2.37. The van der Waals surface area contributed by atoms with Gasteiger partial charge in [-0.2, -0.15) is 0 Å². The maximum Gasteiger partial charge on any atom is 0.0943 e. The summed E-state index contributed by atoms with van der Waals surface area (Å²) in [7, 11) is 4.55. The van der Waals surface area contributed by atoms with Gasteiger partial charge in [0.15, 0.2) is 0 Å². The zero-order valence-electron chi connectivity index (χ0n) is 9.35. The molecular formula is C11H24N+. The summed E-state index contributed by atoms with van der Waals surface area (Å²) >= 11 is 0. The minimum Gasteiger partial charge on any atom is -0.302 e. The minimum atomic E-state index is 1.04. The molecule has 0 aromatic heterocycles. The van der Waals surface area contributed by atoms with Crippen LogP contribution in [0.2, 0.25) is 0 Å². The third-order valence-corrected chi connectivity index (χ3v) is 2.22. The lowest BCUT2D eigenvalue weighted by Gasteiger charge is -2.25. The second-order valence-electron chi connectivity index (χ2n) is 4.18. The Hall–Kier alpha value is -0.300. The molecule has 0 N–H and O–H groups in total. The average Bonchev–Trinajstić information content (AvgIpc) is 2.00. The number of quaternary nitrogens is 1. The molecule has 0 heterocycles. The molecule has 0 radical (unpaired) electrons. The lowest BCUT2D eigenvalue weighted by atomic mass is 10.2. The third kappa shape index (κ3) is 5.36. The SMILES string of the molecule is CCCC[N+](C)(C)C=C(C)CC. The number of rotatable bonds is 5. The molecule has 0 rings (SSSR count). The van der Waals surface area contributed by atoms with Gasteiger partial charge >= 0.3 is 0 Å². The van der Waals surface area contributed by atoms with Crippen LogP contribution in [-0.2, 0) is 0 Å². The van der Waals surface area contributed by atoms with Crippen LogP contribution in [0.3, 0.4) is 0 Å². The van der Waals surface area contributed by atoms with E-state index in [0.717, 1.165) is 4.48 Å². The Balaban J connectivity index is 4.01. The van der Waals surface area contributed by atoms with E-state index in [9.17, 15) is 0 Å². The molecule has 0 saturated carbocycles. The summed E-state index contributed by atoms with van der Waals surface area (Å²) in [5.74, 6) is 0. The molecule has 0 aliphatic carbocycles. The second-order valence-corrected chi connectivity index (χ2v) is 4.18. The highest BCUT2D eigenvalue weighted by molar-refractivity contribution is 4.91. The Morgan fingerprint density at radius 1 is 1.25 bits per heavy atom. The highest BCUT2D eigenvalue weighted by Gasteiger charge is 2.10. The van der Waals surface area contributed by atoms with Gasteiger partial charge in [-0.25, -0.2) is 0 Å². The van der Waals surface area contributed by atoms with Gasteiger partial charge in [-0.1, -0.05) is 20.3 Å². The van der Waals surface area contributed by atoms with E-state index in [2.05, 4.69) is 41.1 Å². The lowest BCUT2D eigenvalue weighted by Crippen LogP contribution is -2.34. The first-order valence-corrected chi connectivity index (χ1v) is 5.03. The van der Waals surface area contributed by atoms with Crippen LogP contribution in [0.4, 0.5) is 0 Å². The van der Waals surface area contributed by atoms with E-state index in [-0.39, 0.29) is 0 Å². The molecule has 0 bridgehead atoms. The van der Waals surface area contributed by atoms with Gasteiger partial charge < -0.3 is 4.48 Å². The van der Waals surface area contributed by atoms with Crippen molar-refractivity contribution in [3.05, 3.63) is 11.8 Å². The number of nitrogens with zero attached hydrogens (tertiary/aromatic N) is 1. The van der Waals surface area contributed by atoms with E-state index in [1.165, 1.54) is 31.4 Å². The van der Waals surface area contributed by atoms with E-state index >= 15 is 0 Å². The van der Waals surface area contributed by atoms with E-state index in [1.807, 2.05) is 0 Å². The molecule has 12 heavy (non-hydrogen) atoms. The molecule has 0 aromatic rings. The molecule has 0 aliphatic heterocycles. The lowest BCUT2D eigenvalue weighted by molar-refractivity contribution is -0.839. The predicted molar refractivity (Wildman–Crippen MR) is 55.9 cm³/mol. The van der Waals surface area contributed by atoms with Crippen LogP contribution in [-0.4, -0.2) is 25.1 Å². The van der Waals surface area contributed by atoms with Crippen LogP contribution in [0.1, 0.15) is 40.0 Å². The fourth-order valence-electron chi connectivity index (χ4n) is 1.32. The molecule has 0 unspecified atom stereocenters. The zero-order valence-corrected chi connectivity index (χ0v) is 9.35. The molecule has 0 amide bonds. The van der Waals surface area contributed by atoms with E-state index in [0.29, 0.717) is 0 Å². The van der Waals surface area contributed by atoms with E-state index in [4.69, 9.17) is 0 Å². The quantitative estimate of drug-likeness (QED) is 0.556. The van der Waals surface area contributed by atoms with Crippen molar-refractivity contribution in [1.29, 1.82) is 0 Å². The zero-order chi connectivity index (χ0) is 9.61. The van der Waals surface area contributed by atoms with Crippen molar-refractivity contribution in [1.82, 2.24) is 0 Å². The summed E-state index contributed by atoms with van der Waals surface area (Å²) in [5, 5.41) is 0. The molecule has 0 aromatic carbocycles. The summed E-state index contributed by atoms with van der Waals surface area (Å²) in [5.41, 5.74) is 1.50. The average molecular weight is 170 g/mol. The molecular weight excluding hydrogens is 146 g/mol. The van der Waals surface area contributed by atoms with Crippen molar-refractivity contribution in [3.8, 4) is 0 Å². The van der Waals surface area contributed by atoms with Gasteiger partial charge in [0.1, 0.15) is 0 Å². The number of allylic oxidation sites excluding steroid dienone is 1. The van der Waals surface area contributed by atoms with Crippen molar-refractivity contribution in [2.45, 2.75) is 40.0 Å². The van der Waals surface area contributed by atoms with Gasteiger partial charge in [-0.05, 0) is 25.3 Å². The van der Waals surface area contributed by atoms with Gasteiger partial charge in [0.2, 0.25) is 0 Å². The molecule has 0 atom stereocenters. The topological polar surface area (TPSA) is 0 Å². The predicted octanol–water partition coefficient (Wildman–Crippen LogP) is 3.18. The summed E-state index contributed by atoms with van der Waals surface area (Å²) in [6.07, 6.45) is 6.16. The van der Waals surface area contributed by atoms with Crippen molar-refractivity contribution in [2.24, 2.45) is 0 Å². The largest absolute Gasteiger partial charge is 0.302 e. The van der Waals surface area contributed by atoms with Crippen LogP contribution in [0.15, 0.2) is 11.8 Å². The van der Waals surface area contributed by atoms with Crippen molar-refractivity contribution >= 4 is 0 Å². The normalized spacial score (nSPS) is 13.6. The Labute approximate surface area is 77.7 Å². The summed E-state index contributed by atoms with van der Waals surface area (Å²) in [6.45, 7) is 7.93. The van der Waals surface area contributed by atoms with Crippen LogP contribution >= 0.6 is 0 Å². The van der Waals surface area contributed by atoms with E-state index in [1.54, 1.807) is 0 Å². The van der Waals surface area contributed by atoms with Crippen molar-refractivity contribution in [2.75, 3.05) is 20.6 Å². The fraction of sp³-hybridized carbons (Fsp3) is 0.818. The Morgan fingerprint density at radius 3 is 2.25 bits per heavy atom. The van der Waals surface area contributed by atoms with Crippen LogP contribution < -0.4 is 0 Å². The Kier molecular flexibility index (Phi) is 5.23. The highest BCUT2D eigenvalue weighted by Crippen LogP contribution is 2.08. The fourth-order valence-corrected chi connectivity index (χ4v) is 1.32. The van der Waals surface area contributed by atoms with Gasteiger partial charge in [-0.15, -0.1) is 0 Å². The molecule has 72 valence electrons. The second kappa shape index (κ2) is 5.36. The molecule has 0 fully saturated rings. The Bertz CT molecular complexity index is 145. The molecule has 1 nitrogen and oxygen atoms in total. The number of hydrogen-bond donors (Lipinski definition) is 0. The molecule has 0 spiro atoms. The van der Waals surface area contributed by atoms with Crippen LogP contribution in [0, 0.1) is 0 Å². The van der Waals surface area contributed by atoms with Gasteiger partial charge in [0.25, 0.3) is 0 Å². The standard InChI is InChI=1S/C11H24N/c1-6-8-9-12(4,5)10-11(3)7-2/h10H,6-9H2,1-5H3/q+1. The van der Waals surface area contributed by atoms with E-state index < -0.39 is 0 Å². The molecule has 1 heteroatoms. The molecule has 0 saturated heterocycles. The monoisotopic (exact) mass is 170 g/mol. The minimum absolute atomic E-state index is 1.04. The summed E-state index contributed by atoms with van der Waals surface area (Å²) < 4.78 is 1.04. The van der Waals surface area contributed by atoms with Crippen LogP contribution in [0.25, 0.3) is 0 Å². The smallest absolute Gasteiger partial charge is 0.0943 e. The first-order valence-electron chi connectivity index (χ1n) is 5.03. The van der Waals surface area contributed by atoms with Gasteiger partial charge in [0, 0.05) is 0 Å². The maximum atomic E-state index is 2.37. The van der Waals surface area contributed by atoms with Gasteiger partial charge in [0.05, 0.1) is 26.8 Å². The Morgan fingerprint density at radius 2 is 1.83 bits per heavy atom. The summed E-state index contributed by atoms with van der Waals surface area (Å²) in [6, 6.07) is 0. The first-order chi connectivity index (χ1) is 5.52. The van der Waals surface area contributed by atoms with Crippen molar-refractivity contribution < 1.29 is 4.48 Å². The third-order valence-electron chi connectivity index (χ3n) is 2.22. The molecule has 0 aliphatic rings. The number of hydrogen-bond acceptors (Lipinski definition) is 0. The van der Waals surface area contributed by atoms with Gasteiger partial charge in [-0.3, -0.25) is 0 Å². The first kappa shape index (κ1) is 11.7.